The highest BCUT2D eigenvalue weighted by Crippen LogP contribution is 2.40. The number of halogens is 3. The summed E-state index contributed by atoms with van der Waals surface area (Å²) >= 11 is 0. The van der Waals surface area contributed by atoms with Gasteiger partial charge in [0.05, 0.1) is 11.9 Å². The third-order valence-electron chi connectivity index (χ3n) is 7.11. The number of benzene rings is 2. The Balaban J connectivity index is 1.62. The van der Waals surface area contributed by atoms with Crippen molar-refractivity contribution in [3.8, 4) is 28.1 Å². The second-order valence-corrected chi connectivity index (χ2v) is 9.82. The number of carbonyl (C=O) groups excluding carboxylic acids is 1. The average molecular weight is 535 g/mol. The summed E-state index contributed by atoms with van der Waals surface area (Å²) in [5.41, 5.74) is 6.32. The van der Waals surface area contributed by atoms with Gasteiger partial charge in [0, 0.05) is 49.2 Å². The number of allylic oxidation sites excluding steroid dienone is 1. The van der Waals surface area contributed by atoms with E-state index < -0.39 is 12.1 Å². The summed E-state index contributed by atoms with van der Waals surface area (Å²) in [7, 11) is 2.11. The number of alkyl halides is 3. The standard InChI is InChI=1S/C30H29F3N4O2/c1-4-24(38)16-22-15-21(6-5-19(22)2)27-26-17-25(39-30(31,32)33)18-34-29(26)35-28(27)20-7-9-23(10-8-20)37-13-11-36(3)12-14-37/h4-10,15,17-18H,1,11-14,16H2,2-3H3,(H,34,35). The molecule has 1 aliphatic rings. The quantitative estimate of drug-likeness (QED) is 0.288. The van der Waals surface area contributed by atoms with Crippen molar-refractivity contribution < 1.29 is 22.7 Å². The third-order valence-corrected chi connectivity index (χ3v) is 7.11. The molecular formula is C30H29F3N4O2. The molecule has 0 saturated carbocycles. The number of aromatic nitrogens is 2. The van der Waals surface area contributed by atoms with Crippen LogP contribution in [0.25, 0.3) is 33.4 Å². The maximum atomic E-state index is 13.0. The molecule has 6 nitrogen and oxygen atoms in total. The smallest absolute Gasteiger partial charge is 0.404 e. The monoisotopic (exact) mass is 534 g/mol. The van der Waals surface area contributed by atoms with E-state index in [0.29, 0.717) is 16.6 Å². The van der Waals surface area contributed by atoms with Crippen molar-refractivity contribution in [1.29, 1.82) is 0 Å². The molecule has 4 aromatic rings. The molecule has 1 N–H and O–H groups in total. The number of hydrogen-bond acceptors (Lipinski definition) is 5. The molecule has 1 saturated heterocycles. The minimum absolute atomic E-state index is 0.114. The first-order valence-electron chi connectivity index (χ1n) is 12.7. The van der Waals surface area contributed by atoms with Crippen LogP contribution in [-0.2, 0) is 11.2 Å². The molecule has 0 unspecified atom stereocenters. The fourth-order valence-corrected chi connectivity index (χ4v) is 4.94. The van der Waals surface area contributed by atoms with E-state index in [9.17, 15) is 18.0 Å². The van der Waals surface area contributed by atoms with E-state index in [1.54, 1.807) is 0 Å². The third kappa shape index (κ3) is 5.83. The van der Waals surface area contributed by atoms with Crippen LogP contribution in [0, 0.1) is 6.92 Å². The van der Waals surface area contributed by atoms with E-state index in [2.05, 4.69) is 50.3 Å². The summed E-state index contributed by atoms with van der Waals surface area (Å²) in [4.78, 5) is 24.3. The van der Waals surface area contributed by atoms with E-state index in [4.69, 9.17) is 0 Å². The molecule has 0 atom stereocenters. The summed E-state index contributed by atoms with van der Waals surface area (Å²) in [5.74, 6) is -0.516. The van der Waals surface area contributed by atoms with E-state index >= 15 is 0 Å². The summed E-state index contributed by atoms with van der Waals surface area (Å²) in [6, 6.07) is 15.2. The molecule has 0 amide bonds. The van der Waals surface area contributed by atoms with Crippen LogP contribution in [0.15, 0.2) is 67.4 Å². The molecule has 9 heteroatoms. The SMILES string of the molecule is C=CC(=O)Cc1cc(-c2c(-c3ccc(N4CCN(C)CC4)cc3)[nH]c3ncc(OC(F)(F)F)cc23)ccc1C. The normalized spacial score (nSPS) is 14.5. The zero-order chi connectivity index (χ0) is 27.7. The lowest BCUT2D eigenvalue weighted by Crippen LogP contribution is -2.44. The molecule has 2 aromatic heterocycles. The number of rotatable bonds is 7. The van der Waals surface area contributed by atoms with Gasteiger partial charge in [-0.2, -0.15) is 0 Å². The predicted octanol–water partition coefficient (Wildman–Crippen LogP) is 6.15. The van der Waals surface area contributed by atoms with E-state index in [1.165, 1.54) is 12.1 Å². The van der Waals surface area contributed by atoms with Crippen LogP contribution >= 0.6 is 0 Å². The Kier molecular flexibility index (Phi) is 7.18. The van der Waals surface area contributed by atoms with Crippen LogP contribution in [0.5, 0.6) is 5.75 Å². The number of piperazine rings is 1. The Hall–Kier alpha value is -4.11. The van der Waals surface area contributed by atoms with Crippen LogP contribution in [-0.4, -0.2) is 60.2 Å². The molecule has 0 spiro atoms. The minimum atomic E-state index is -4.84. The van der Waals surface area contributed by atoms with Gasteiger partial charge in [0.25, 0.3) is 0 Å². The van der Waals surface area contributed by atoms with Crippen molar-refractivity contribution in [3.63, 3.8) is 0 Å². The van der Waals surface area contributed by atoms with Gasteiger partial charge in [0.2, 0.25) is 0 Å². The van der Waals surface area contributed by atoms with Crippen molar-refractivity contribution >= 4 is 22.5 Å². The molecule has 2 aromatic carbocycles. The topological polar surface area (TPSA) is 61.5 Å². The molecule has 39 heavy (non-hydrogen) atoms. The highest BCUT2D eigenvalue weighted by Gasteiger charge is 2.31. The summed E-state index contributed by atoms with van der Waals surface area (Å²) in [6.45, 7) is 9.34. The number of pyridine rings is 1. The van der Waals surface area contributed by atoms with Crippen molar-refractivity contribution in [1.82, 2.24) is 14.9 Å². The molecule has 202 valence electrons. The number of aryl methyl sites for hydroxylation is 1. The molecule has 0 aliphatic carbocycles. The Morgan fingerprint density at radius 2 is 1.77 bits per heavy atom. The summed E-state index contributed by atoms with van der Waals surface area (Å²) in [6.07, 6.45) is -2.31. The second kappa shape index (κ2) is 10.6. The van der Waals surface area contributed by atoms with E-state index in [-0.39, 0.29) is 12.2 Å². The highest BCUT2D eigenvalue weighted by atomic mass is 19.4. The fraction of sp³-hybridized carbons (Fsp3) is 0.267. The Bertz CT molecular complexity index is 1520. The van der Waals surface area contributed by atoms with Gasteiger partial charge in [-0.1, -0.05) is 36.9 Å². The first kappa shape index (κ1) is 26.5. The van der Waals surface area contributed by atoms with Gasteiger partial charge in [0.15, 0.2) is 5.78 Å². The summed E-state index contributed by atoms with van der Waals surface area (Å²) < 4.78 is 43.2. The Morgan fingerprint density at radius 1 is 1.08 bits per heavy atom. The zero-order valence-electron chi connectivity index (χ0n) is 21.8. The molecule has 1 fully saturated rings. The van der Waals surface area contributed by atoms with E-state index in [1.807, 2.05) is 37.3 Å². The van der Waals surface area contributed by atoms with Crippen molar-refractivity contribution in [2.75, 3.05) is 38.1 Å². The molecule has 0 bridgehead atoms. The van der Waals surface area contributed by atoms with Gasteiger partial charge in [-0.15, -0.1) is 13.2 Å². The first-order valence-corrected chi connectivity index (χ1v) is 12.7. The average Bonchev–Trinajstić information content (AvgIpc) is 3.28. The lowest BCUT2D eigenvalue weighted by molar-refractivity contribution is -0.274. The minimum Gasteiger partial charge on any atom is -0.404 e. The number of ketones is 1. The van der Waals surface area contributed by atoms with Gasteiger partial charge in [0.1, 0.15) is 11.4 Å². The summed E-state index contributed by atoms with van der Waals surface area (Å²) in [5, 5.41) is 0.486. The van der Waals surface area contributed by atoms with E-state index in [0.717, 1.165) is 66.0 Å². The predicted molar refractivity (Wildman–Crippen MR) is 147 cm³/mol. The van der Waals surface area contributed by atoms with Gasteiger partial charge in [-0.3, -0.25) is 4.79 Å². The number of ether oxygens (including phenoxy) is 1. The van der Waals surface area contributed by atoms with Crippen LogP contribution in [0.2, 0.25) is 0 Å². The van der Waals surface area contributed by atoms with Crippen LogP contribution in [0.3, 0.4) is 0 Å². The number of aromatic amines is 1. The second-order valence-electron chi connectivity index (χ2n) is 9.82. The fourth-order valence-electron chi connectivity index (χ4n) is 4.94. The highest BCUT2D eigenvalue weighted by molar-refractivity contribution is 6.03. The molecule has 0 radical (unpaired) electrons. The largest absolute Gasteiger partial charge is 0.573 e. The molecule has 5 rings (SSSR count). The van der Waals surface area contributed by atoms with Gasteiger partial charge in [-0.25, -0.2) is 4.98 Å². The van der Waals surface area contributed by atoms with Gasteiger partial charge < -0.3 is 19.5 Å². The number of hydrogen-bond donors (Lipinski definition) is 1. The van der Waals surface area contributed by atoms with Crippen LogP contribution in [0.4, 0.5) is 18.9 Å². The van der Waals surface area contributed by atoms with Crippen molar-refractivity contribution in [2.45, 2.75) is 19.7 Å². The number of likely N-dealkylation sites (N-methyl/N-ethyl adjacent to an activating group) is 1. The number of fused-ring (bicyclic) bond motifs is 1. The zero-order valence-corrected chi connectivity index (χ0v) is 21.8. The maximum absolute atomic E-state index is 13.0. The lowest BCUT2D eigenvalue weighted by atomic mass is 9.94. The number of nitrogens with one attached hydrogen (secondary N) is 1. The van der Waals surface area contributed by atoms with Crippen LogP contribution < -0.4 is 9.64 Å². The lowest BCUT2D eigenvalue weighted by Gasteiger charge is -2.34. The van der Waals surface area contributed by atoms with Crippen molar-refractivity contribution in [2.24, 2.45) is 0 Å². The first-order chi connectivity index (χ1) is 18.6. The van der Waals surface area contributed by atoms with Crippen LogP contribution in [0.1, 0.15) is 11.1 Å². The molecule has 3 heterocycles. The van der Waals surface area contributed by atoms with Crippen molar-refractivity contribution in [3.05, 3.63) is 78.5 Å². The molecular weight excluding hydrogens is 505 g/mol. The number of carbonyl (C=O) groups is 1. The number of nitrogens with zero attached hydrogens (tertiary/aromatic N) is 3. The van der Waals surface area contributed by atoms with Gasteiger partial charge in [-0.05, 0) is 60.5 Å². The number of anilines is 1. The number of H-pyrrole nitrogens is 1. The Labute approximate surface area is 224 Å². The van der Waals surface area contributed by atoms with Gasteiger partial charge >= 0.3 is 6.36 Å². The Morgan fingerprint density at radius 3 is 2.44 bits per heavy atom. The maximum Gasteiger partial charge on any atom is 0.573 e. The molecule has 1 aliphatic heterocycles.